The van der Waals surface area contributed by atoms with Crippen LogP contribution in [0.15, 0.2) is 36.5 Å². The van der Waals surface area contributed by atoms with Gasteiger partial charge in [-0.1, -0.05) is 35.3 Å². The van der Waals surface area contributed by atoms with Crippen molar-refractivity contribution in [3.63, 3.8) is 0 Å². The molecule has 4 amide bonds. The predicted octanol–water partition coefficient (Wildman–Crippen LogP) is 2.86. The van der Waals surface area contributed by atoms with E-state index in [9.17, 15) is 18.8 Å². The van der Waals surface area contributed by atoms with Gasteiger partial charge in [-0.05, 0) is 30.7 Å². The van der Waals surface area contributed by atoms with E-state index in [2.05, 4.69) is 10.3 Å². The molecule has 8 nitrogen and oxygen atoms in total. The van der Waals surface area contributed by atoms with E-state index in [4.69, 9.17) is 23.2 Å². The van der Waals surface area contributed by atoms with Gasteiger partial charge in [0.2, 0.25) is 5.91 Å². The lowest BCUT2D eigenvalue weighted by Gasteiger charge is -2.59. The number of halogens is 3. The molecule has 1 aromatic carbocycles. The molecule has 3 heterocycles. The molecule has 2 aliphatic rings. The van der Waals surface area contributed by atoms with Crippen LogP contribution in [0, 0.1) is 5.82 Å². The van der Waals surface area contributed by atoms with Gasteiger partial charge < -0.3 is 15.1 Å². The summed E-state index contributed by atoms with van der Waals surface area (Å²) in [6, 6.07) is 7.14. The Balaban J connectivity index is 1.74. The van der Waals surface area contributed by atoms with Gasteiger partial charge in [-0.15, -0.1) is 0 Å². The lowest BCUT2D eigenvalue weighted by molar-refractivity contribution is -0.164. The minimum Gasteiger partial charge on any atom is -0.341 e. The van der Waals surface area contributed by atoms with Crippen molar-refractivity contribution in [2.24, 2.45) is 0 Å². The molecule has 2 aliphatic heterocycles. The SMILES string of the molecule is CNC(=O)N1CC2(C1)C(=O)N(c1ncc(Cl)cc1F)CC(=O)N2[C@@H](C)c1ccc(Cl)cc1. The number of amides is 4. The number of hydrogen-bond donors (Lipinski definition) is 1. The number of carbonyl (C=O) groups excluding carboxylic acids is 3. The molecule has 2 aromatic rings. The highest BCUT2D eigenvalue weighted by Crippen LogP contribution is 2.41. The second-order valence-electron chi connectivity index (χ2n) is 7.78. The highest BCUT2D eigenvalue weighted by atomic mass is 35.5. The molecule has 2 saturated heterocycles. The molecule has 0 aliphatic carbocycles. The van der Waals surface area contributed by atoms with E-state index >= 15 is 0 Å². The summed E-state index contributed by atoms with van der Waals surface area (Å²) in [4.78, 5) is 47.0. The molecule has 0 saturated carbocycles. The molecule has 1 N–H and O–H groups in total. The summed E-state index contributed by atoms with van der Waals surface area (Å²) in [6.45, 7) is 1.36. The van der Waals surface area contributed by atoms with Gasteiger partial charge in [0, 0.05) is 18.3 Å². The van der Waals surface area contributed by atoms with E-state index in [1.165, 1.54) is 23.0 Å². The number of carbonyl (C=O) groups is 3. The van der Waals surface area contributed by atoms with Crippen LogP contribution in [0.4, 0.5) is 15.0 Å². The molecule has 11 heteroatoms. The molecule has 1 atom stereocenters. The highest BCUT2D eigenvalue weighted by molar-refractivity contribution is 6.30. The summed E-state index contributed by atoms with van der Waals surface area (Å²) in [5.41, 5.74) is -0.577. The van der Waals surface area contributed by atoms with E-state index < -0.39 is 23.3 Å². The molecule has 1 spiro atoms. The van der Waals surface area contributed by atoms with E-state index in [1.807, 2.05) is 0 Å². The first-order valence-electron chi connectivity index (χ1n) is 9.85. The third kappa shape index (κ3) is 3.55. The zero-order valence-electron chi connectivity index (χ0n) is 17.3. The number of urea groups is 1. The number of rotatable bonds is 3. The van der Waals surface area contributed by atoms with Crippen molar-refractivity contribution < 1.29 is 18.8 Å². The van der Waals surface area contributed by atoms with Crippen molar-refractivity contribution in [3.8, 4) is 0 Å². The number of pyridine rings is 1. The minimum atomic E-state index is -1.35. The number of piperazine rings is 1. The van der Waals surface area contributed by atoms with Crippen LogP contribution in [0.3, 0.4) is 0 Å². The van der Waals surface area contributed by atoms with Crippen molar-refractivity contribution in [2.75, 3.05) is 31.6 Å². The lowest BCUT2D eigenvalue weighted by Crippen LogP contribution is -2.82. The van der Waals surface area contributed by atoms with Crippen LogP contribution < -0.4 is 10.2 Å². The minimum absolute atomic E-state index is 0.0269. The average Bonchev–Trinajstić information content (AvgIpc) is 2.73. The average molecular weight is 480 g/mol. The van der Waals surface area contributed by atoms with Crippen LogP contribution in [-0.4, -0.2) is 64.9 Å². The molecule has 1 aromatic heterocycles. The summed E-state index contributed by atoms with van der Waals surface area (Å²) in [7, 11) is 1.48. The number of aromatic nitrogens is 1. The van der Waals surface area contributed by atoms with Crippen LogP contribution in [0.5, 0.6) is 0 Å². The normalized spacial score (nSPS) is 18.6. The van der Waals surface area contributed by atoms with Crippen LogP contribution in [-0.2, 0) is 9.59 Å². The first-order valence-corrected chi connectivity index (χ1v) is 10.6. The number of benzene rings is 1. The van der Waals surface area contributed by atoms with Gasteiger partial charge in [-0.3, -0.25) is 14.5 Å². The van der Waals surface area contributed by atoms with Crippen LogP contribution in [0.25, 0.3) is 0 Å². The number of nitrogens with one attached hydrogen (secondary N) is 1. The summed E-state index contributed by atoms with van der Waals surface area (Å²) >= 11 is 11.8. The van der Waals surface area contributed by atoms with Crippen LogP contribution in [0.1, 0.15) is 18.5 Å². The Kier molecular flexibility index (Phi) is 5.72. The van der Waals surface area contributed by atoms with Gasteiger partial charge in [0.1, 0.15) is 6.54 Å². The molecular formula is C21H20Cl2FN5O3. The van der Waals surface area contributed by atoms with Crippen LogP contribution in [0.2, 0.25) is 10.0 Å². The third-order valence-electron chi connectivity index (χ3n) is 5.86. The molecule has 0 unspecified atom stereocenters. The standard InChI is InChI=1S/C21H20Cl2FN5O3/c1-12(13-3-5-14(22)6-4-13)29-17(30)9-28(18-16(24)7-15(23)8-26-18)19(31)21(29)10-27(11-21)20(32)25-2/h3-8,12H,9-11H2,1-2H3,(H,25,32)/t12-/m0/s1. The molecule has 32 heavy (non-hydrogen) atoms. The topological polar surface area (TPSA) is 85.9 Å². The zero-order chi connectivity index (χ0) is 23.2. The molecule has 0 radical (unpaired) electrons. The van der Waals surface area contributed by atoms with Gasteiger partial charge in [0.15, 0.2) is 17.2 Å². The maximum atomic E-state index is 14.6. The first-order chi connectivity index (χ1) is 15.2. The van der Waals surface area contributed by atoms with E-state index in [0.29, 0.717) is 5.02 Å². The van der Waals surface area contributed by atoms with Gasteiger partial charge >= 0.3 is 6.03 Å². The van der Waals surface area contributed by atoms with E-state index in [1.54, 1.807) is 31.2 Å². The fraction of sp³-hybridized carbons (Fsp3) is 0.333. The monoisotopic (exact) mass is 479 g/mol. The molecule has 0 bridgehead atoms. The molecule has 4 rings (SSSR count). The second kappa shape index (κ2) is 8.22. The third-order valence-corrected chi connectivity index (χ3v) is 6.31. The van der Waals surface area contributed by atoms with Crippen LogP contribution >= 0.6 is 23.2 Å². The lowest BCUT2D eigenvalue weighted by atomic mass is 9.82. The smallest absolute Gasteiger partial charge is 0.317 e. The number of likely N-dealkylation sites (tertiary alicyclic amines) is 1. The fourth-order valence-corrected chi connectivity index (χ4v) is 4.58. The number of nitrogens with zero attached hydrogens (tertiary/aromatic N) is 4. The Bertz CT molecular complexity index is 1090. The maximum absolute atomic E-state index is 14.6. The largest absolute Gasteiger partial charge is 0.341 e. The summed E-state index contributed by atoms with van der Waals surface area (Å²) in [5, 5.41) is 3.13. The van der Waals surface area contributed by atoms with E-state index in [-0.39, 0.29) is 42.4 Å². The van der Waals surface area contributed by atoms with Crippen molar-refractivity contribution in [1.82, 2.24) is 20.1 Å². The van der Waals surface area contributed by atoms with Crippen molar-refractivity contribution in [2.45, 2.75) is 18.5 Å². The van der Waals surface area contributed by atoms with Gasteiger partial charge in [-0.2, -0.15) is 0 Å². The molecule has 168 valence electrons. The Hall–Kier alpha value is -2.91. The molecule has 2 fully saturated rings. The Morgan fingerprint density at radius 1 is 1.19 bits per heavy atom. The summed E-state index contributed by atoms with van der Waals surface area (Å²) in [5.74, 6) is -1.98. The maximum Gasteiger partial charge on any atom is 0.317 e. The molecular weight excluding hydrogens is 460 g/mol. The first kappa shape index (κ1) is 22.3. The fourth-order valence-electron chi connectivity index (χ4n) is 4.30. The second-order valence-corrected chi connectivity index (χ2v) is 8.66. The zero-order valence-corrected chi connectivity index (χ0v) is 18.8. The summed E-state index contributed by atoms with van der Waals surface area (Å²) < 4.78 is 14.6. The number of anilines is 1. The van der Waals surface area contributed by atoms with E-state index in [0.717, 1.165) is 16.5 Å². The van der Waals surface area contributed by atoms with Crippen molar-refractivity contribution in [3.05, 3.63) is 58.0 Å². The summed E-state index contributed by atoms with van der Waals surface area (Å²) in [6.07, 6.45) is 1.21. The quantitative estimate of drug-likeness (QED) is 0.733. The Labute approximate surface area is 193 Å². The van der Waals surface area contributed by atoms with Gasteiger partial charge in [0.25, 0.3) is 5.91 Å². The number of hydrogen-bond acceptors (Lipinski definition) is 4. The predicted molar refractivity (Wildman–Crippen MR) is 117 cm³/mol. The van der Waals surface area contributed by atoms with Gasteiger partial charge in [-0.25, -0.2) is 14.2 Å². The van der Waals surface area contributed by atoms with Gasteiger partial charge in [0.05, 0.1) is 24.2 Å². The van der Waals surface area contributed by atoms with Crippen molar-refractivity contribution >= 4 is 46.9 Å². The Morgan fingerprint density at radius 2 is 1.84 bits per heavy atom. The highest BCUT2D eigenvalue weighted by Gasteiger charge is 2.62. The Morgan fingerprint density at radius 3 is 2.44 bits per heavy atom. The van der Waals surface area contributed by atoms with Crippen molar-refractivity contribution in [1.29, 1.82) is 0 Å².